The van der Waals surface area contributed by atoms with Gasteiger partial charge in [-0.3, -0.25) is 9.59 Å². The number of likely N-dealkylation sites (tertiary alicyclic amines) is 1. The number of aliphatic hydroxyl groups excluding tert-OH is 1. The minimum Gasteiger partial charge on any atom is -0.383 e. The van der Waals surface area contributed by atoms with Gasteiger partial charge in [-0.2, -0.15) is 11.8 Å². The molecule has 0 spiro atoms. The number of unbranched alkanes of at least 4 members (excludes halogenated alkanes) is 3. The summed E-state index contributed by atoms with van der Waals surface area (Å²) in [4.78, 5) is 34.1. The first-order valence-corrected chi connectivity index (χ1v) is 15.4. The second-order valence-corrected chi connectivity index (χ2v) is 11.3. The topological polar surface area (TPSA) is 85.8 Å². The highest BCUT2D eigenvalue weighted by atomic mass is 32.2. The number of piperidine rings is 1. The molecule has 36 heavy (non-hydrogen) atoms. The first-order valence-electron chi connectivity index (χ1n) is 13.1. The van der Waals surface area contributed by atoms with Gasteiger partial charge in [0.1, 0.15) is 11.8 Å². The van der Waals surface area contributed by atoms with Crippen molar-refractivity contribution in [1.29, 1.82) is 0 Å². The zero-order chi connectivity index (χ0) is 26.5. The maximum Gasteiger partial charge on any atom is 0.275 e. The quantitative estimate of drug-likeness (QED) is 0.257. The van der Waals surface area contributed by atoms with Crippen molar-refractivity contribution in [1.82, 2.24) is 20.1 Å². The van der Waals surface area contributed by atoms with Crippen molar-refractivity contribution in [2.45, 2.75) is 77.7 Å². The largest absolute Gasteiger partial charge is 0.383 e. The highest BCUT2D eigenvalue weighted by Gasteiger charge is 2.29. The Kier molecular flexibility index (Phi) is 13.6. The van der Waals surface area contributed by atoms with Crippen LogP contribution in [0.15, 0.2) is 28.9 Å². The van der Waals surface area contributed by atoms with Crippen molar-refractivity contribution >= 4 is 34.9 Å². The van der Waals surface area contributed by atoms with Crippen LogP contribution in [0.5, 0.6) is 0 Å². The highest BCUT2D eigenvalue weighted by Crippen LogP contribution is 2.30. The average Bonchev–Trinajstić information content (AvgIpc) is 3.39. The van der Waals surface area contributed by atoms with Crippen molar-refractivity contribution < 1.29 is 14.7 Å². The van der Waals surface area contributed by atoms with Gasteiger partial charge in [0.15, 0.2) is 0 Å². The van der Waals surface area contributed by atoms with E-state index in [1.54, 1.807) is 16.7 Å². The number of thioether (sulfide) groups is 1. The summed E-state index contributed by atoms with van der Waals surface area (Å²) < 4.78 is 0. The fourth-order valence-electron chi connectivity index (χ4n) is 4.24. The third-order valence-corrected chi connectivity index (χ3v) is 8.33. The van der Waals surface area contributed by atoms with Gasteiger partial charge in [0.25, 0.3) is 11.8 Å². The molecule has 2 N–H and O–H groups in total. The third-order valence-electron chi connectivity index (χ3n) is 6.68. The SMILES string of the molecule is C/C=C\C(NC(=O)c1csc(C2CCN(C(=O)C(O)CCSC)CC2)n1)=C(/C)N(C)CCCCCC. The number of hydrogen-bond donors (Lipinski definition) is 2. The molecule has 1 unspecified atom stereocenters. The smallest absolute Gasteiger partial charge is 0.275 e. The van der Waals surface area contributed by atoms with Crippen LogP contribution in [0, 0.1) is 0 Å². The summed E-state index contributed by atoms with van der Waals surface area (Å²) in [6, 6.07) is 0. The average molecular weight is 537 g/mol. The van der Waals surface area contributed by atoms with Crippen LogP contribution >= 0.6 is 23.1 Å². The van der Waals surface area contributed by atoms with E-state index in [-0.39, 0.29) is 17.7 Å². The fourth-order valence-corrected chi connectivity index (χ4v) is 5.68. The number of thiazole rings is 1. The molecule has 0 saturated carbocycles. The van der Waals surface area contributed by atoms with E-state index in [4.69, 9.17) is 0 Å². The summed E-state index contributed by atoms with van der Waals surface area (Å²) in [5.74, 6) is 0.627. The Labute approximate surface area is 225 Å². The maximum absolute atomic E-state index is 13.0. The van der Waals surface area contributed by atoms with Crippen molar-refractivity contribution in [2.75, 3.05) is 38.7 Å². The summed E-state index contributed by atoms with van der Waals surface area (Å²) in [7, 11) is 2.07. The Bertz CT molecular complexity index is 891. The number of rotatable bonds is 14. The summed E-state index contributed by atoms with van der Waals surface area (Å²) >= 11 is 3.14. The first kappa shape index (κ1) is 30.4. The standard InChI is InChI=1S/C27H44N4O3S2/c1-6-8-9-10-15-30(4)20(3)22(11-7-2)28-25(33)23-19-36-26(29-23)21-12-16-31(17-13-21)27(34)24(32)14-18-35-5/h7,11,19,21,24,32H,6,8-10,12-18H2,1-5H3,(H,28,33)/b11-7-,22-20-. The highest BCUT2D eigenvalue weighted by molar-refractivity contribution is 7.98. The molecule has 0 bridgehead atoms. The van der Waals surface area contributed by atoms with E-state index in [2.05, 4.69) is 29.2 Å². The number of hydrogen-bond acceptors (Lipinski definition) is 7. The number of aromatic nitrogens is 1. The molecule has 0 aromatic carbocycles. The molecule has 0 aliphatic carbocycles. The van der Waals surface area contributed by atoms with Gasteiger partial charge in [0.05, 0.1) is 10.7 Å². The van der Waals surface area contributed by atoms with Gasteiger partial charge < -0.3 is 20.2 Å². The summed E-state index contributed by atoms with van der Waals surface area (Å²) in [6.07, 6.45) is 11.8. The second kappa shape index (κ2) is 16.1. The van der Waals surface area contributed by atoms with Gasteiger partial charge in [-0.25, -0.2) is 4.98 Å². The summed E-state index contributed by atoms with van der Waals surface area (Å²) in [5.41, 5.74) is 2.26. The minimum atomic E-state index is -0.914. The van der Waals surface area contributed by atoms with Crippen LogP contribution in [0.25, 0.3) is 0 Å². The number of carbonyl (C=O) groups excluding carboxylic acids is 2. The van der Waals surface area contributed by atoms with E-state index in [0.29, 0.717) is 25.2 Å². The van der Waals surface area contributed by atoms with Crippen LogP contribution in [0.1, 0.15) is 87.1 Å². The number of amides is 2. The molecule has 2 heterocycles. The molecule has 1 atom stereocenters. The number of carbonyl (C=O) groups is 2. The van der Waals surface area contributed by atoms with Crippen molar-refractivity contribution in [3.63, 3.8) is 0 Å². The van der Waals surface area contributed by atoms with Gasteiger partial charge >= 0.3 is 0 Å². The maximum atomic E-state index is 13.0. The zero-order valence-corrected chi connectivity index (χ0v) is 24.2. The van der Waals surface area contributed by atoms with E-state index in [9.17, 15) is 14.7 Å². The van der Waals surface area contributed by atoms with Gasteiger partial charge in [-0.05, 0) is 57.6 Å². The number of nitrogens with zero attached hydrogens (tertiary/aromatic N) is 3. The second-order valence-electron chi connectivity index (χ2n) is 9.40. The molecular formula is C27H44N4O3S2. The predicted octanol–water partition coefficient (Wildman–Crippen LogP) is 5.01. The minimum absolute atomic E-state index is 0.171. The van der Waals surface area contributed by atoms with Gasteiger partial charge in [-0.15, -0.1) is 11.3 Å². The van der Waals surface area contributed by atoms with E-state index >= 15 is 0 Å². The lowest BCUT2D eigenvalue weighted by molar-refractivity contribution is -0.141. The fraction of sp³-hybridized carbons (Fsp3) is 0.667. The molecule has 7 nitrogen and oxygen atoms in total. The molecule has 1 aromatic heterocycles. The zero-order valence-electron chi connectivity index (χ0n) is 22.6. The number of aliphatic hydroxyl groups is 1. The van der Waals surface area contributed by atoms with Crippen LogP contribution in [0.2, 0.25) is 0 Å². The normalized spacial score (nSPS) is 16.2. The van der Waals surface area contributed by atoms with Crippen molar-refractivity contribution in [2.24, 2.45) is 0 Å². The van der Waals surface area contributed by atoms with Crippen LogP contribution in [0.3, 0.4) is 0 Å². The molecule has 2 amide bonds. The van der Waals surface area contributed by atoms with E-state index in [1.165, 1.54) is 30.6 Å². The van der Waals surface area contributed by atoms with Gasteiger partial charge in [0.2, 0.25) is 0 Å². The molecule has 1 saturated heterocycles. The Hall–Kier alpha value is -1.84. The van der Waals surface area contributed by atoms with E-state index < -0.39 is 6.10 Å². The van der Waals surface area contributed by atoms with E-state index in [1.807, 2.05) is 37.6 Å². The number of nitrogens with one attached hydrogen (secondary N) is 1. The summed E-state index contributed by atoms with van der Waals surface area (Å²) in [6.45, 7) is 8.37. The Morgan fingerprint density at radius 3 is 2.69 bits per heavy atom. The molecule has 9 heteroatoms. The molecule has 1 aromatic rings. The van der Waals surface area contributed by atoms with Gasteiger partial charge in [0, 0.05) is 43.7 Å². The third kappa shape index (κ3) is 9.23. The van der Waals surface area contributed by atoms with Crippen LogP contribution in [-0.4, -0.2) is 76.5 Å². The molecule has 0 radical (unpaired) electrons. The summed E-state index contributed by atoms with van der Waals surface area (Å²) in [5, 5.41) is 15.9. The van der Waals surface area contributed by atoms with Crippen LogP contribution < -0.4 is 5.32 Å². The molecular weight excluding hydrogens is 492 g/mol. The Balaban J connectivity index is 1.95. The van der Waals surface area contributed by atoms with Crippen LogP contribution in [0.4, 0.5) is 0 Å². The molecule has 1 aliphatic heterocycles. The first-order chi connectivity index (χ1) is 17.3. The Morgan fingerprint density at radius 2 is 2.06 bits per heavy atom. The predicted molar refractivity (Wildman–Crippen MR) is 151 cm³/mol. The molecule has 1 fully saturated rings. The molecule has 202 valence electrons. The monoisotopic (exact) mass is 536 g/mol. The van der Waals surface area contributed by atoms with Crippen LogP contribution in [-0.2, 0) is 4.79 Å². The lowest BCUT2D eigenvalue weighted by atomic mass is 9.97. The lowest BCUT2D eigenvalue weighted by Crippen LogP contribution is -2.43. The number of allylic oxidation sites excluding steroid dienone is 3. The van der Waals surface area contributed by atoms with E-state index in [0.717, 1.165) is 48.0 Å². The van der Waals surface area contributed by atoms with Crippen molar-refractivity contribution in [3.8, 4) is 0 Å². The molecule has 1 aliphatic rings. The lowest BCUT2D eigenvalue weighted by Gasteiger charge is -2.32. The van der Waals surface area contributed by atoms with Gasteiger partial charge in [-0.1, -0.05) is 32.3 Å². The molecule has 2 rings (SSSR count). The van der Waals surface area contributed by atoms with Crippen molar-refractivity contribution in [3.05, 3.63) is 39.6 Å². The Morgan fingerprint density at radius 1 is 1.33 bits per heavy atom.